The van der Waals surface area contributed by atoms with E-state index in [1.54, 1.807) is 17.0 Å². The van der Waals surface area contributed by atoms with E-state index in [0.29, 0.717) is 37.0 Å². The Morgan fingerprint density at radius 3 is 2.17 bits per heavy atom. The number of benzene rings is 1. The number of rotatable bonds is 2. The molecule has 1 fully saturated rings. The van der Waals surface area contributed by atoms with Crippen LogP contribution in [0.3, 0.4) is 0 Å². The highest BCUT2D eigenvalue weighted by molar-refractivity contribution is 6.58. The first-order valence-corrected chi connectivity index (χ1v) is 5.85. The minimum absolute atomic E-state index is 0.124. The quantitative estimate of drug-likeness (QED) is 0.669. The molecule has 6 heteroatoms. The Bertz CT molecular complexity index is 448. The maximum Gasteiger partial charge on any atom is 0.488 e. The Morgan fingerprint density at radius 2 is 1.67 bits per heavy atom. The fourth-order valence-electron chi connectivity index (χ4n) is 1.94. The summed E-state index contributed by atoms with van der Waals surface area (Å²) in [6.07, 6.45) is 0.832. The predicted octanol–water partition coefficient (Wildman–Crippen LogP) is -0.829. The Balaban J connectivity index is 2.07. The van der Waals surface area contributed by atoms with Crippen molar-refractivity contribution in [2.45, 2.75) is 12.8 Å². The van der Waals surface area contributed by atoms with E-state index in [9.17, 15) is 9.59 Å². The van der Waals surface area contributed by atoms with Gasteiger partial charge in [-0.2, -0.15) is 0 Å². The van der Waals surface area contributed by atoms with Crippen molar-refractivity contribution in [3.05, 3.63) is 29.8 Å². The van der Waals surface area contributed by atoms with Crippen molar-refractivity contribution in [2.75, 3.05) is 13.1 Å². The Morgan fingerprint density at radius 1 is 1.11 bits per heavy atom. The molecule has 1 aliphatic rings. The zero-order chi connectivity index (χ0) is 13.1. The van der Waals surface area contributed by atoms with Gasteiger partial charge in [0.2, 0.25) is 0 Å². The van der Waals surface area contributed by atoms with Crippen molar-refractivity contribution in [3.8, 4) is 0 Å². The first kappa shape index (κ1) is 12.8. The molecule has 0 aliphatic carbocycles. The molecule has 18 heavy (non-hydrogen) atoms. The molecular formula is C12H14BNO4. The van der Waals surface area contributed by atoms with Crippen LogP contribution in [0.25, 0.3) is 0 Å². The first-order chi connectivity index (χ1) is 8.58. The summed E-state index contributed by atoms with van der Waals surface area (Å²) in [7, 11) is -1.53. The number of hydrogen-bond donors (Lipinski definition) is 2. The van der Waals surface area contributed by atoms with E-state index in [1.807, 2.05) is 0 Å². The van der Waals surface area contributed by atoms with E-state index in [1.165, 1.54) is 12.1 Å². The minimum atomic E-state index is -1.53. The number of likely N-dealkylation sites (tertiary alicyclic amines) is 1. The van der Waals surface area contributed by atoms with E-state index < -0.39 is 7.12 Å². The number of amides is 1. The molecule has 0 unspecified atom stereocenters. The monoisotopic (exact) mass is 247 g/mol. The zero-order valence-electron chi connectivity index (χ0n) is 9.87. The lowest BCUT2D eigenvalue weighted by molar-refractivity contribution is -0.120. The number of carbonyl (C=O) groups is 2. The van der Waals surface area contributed by atoms with Crippen LogP contribution in [0.1, 0.15) is 23.2 Å². The molecule has 2 rings (SSSR count). The summed E-state index contributed by atoms with van der Waals surface area (Å²) >= 11 is 0. The molecule has 0 radical (unpaired) electrons. The van der Waals surface area contributed by atoms with E-state index >= 15 is 0 Å². The van der Waals surface area contributed by atoms with Crippen LogP contribution in [-0.4, -0.2) is 46.8 Å². The van der Waals surface area contributed by atoms with Gasteiger partial charge in [-0.1, -0.05) is 12.1 Å². The van der Waals surface area contributed by atoms with E-state index in [2.05, 4.69) is 0 Å². The highest BCUT2D eigenvalue weighted by Crippen LogP contribution is 2.10. The van der Waals surface area contributed by atoms with Gasteiger partial charge in [-0.25, -0.2) is 0 Å². The van der Waals surface area contributed by atoms with Gasteiger partial charge in [0.05, 0.1) is 0 Å². The van der Waals surface area contributed by atoms with Crippen molar-refractivity contribution in [1.29, 1.82) is 0 Å². The maximum atomic E-state index is 12.1. The van der Waals surface area contributed by atoms with Crippen LogP contribution >= 0.6 is 0 Å². The van der Waals surface area contributed by atoms with Crippen molar-refractivity contribution in [1.82, 2.24) is 4.90 Å². The van der Waals surface area contributed by atoms with Crippen molar-refractivity contribution >= 4 is 24.3 Å². The number of hydrogen-bond acceptors (Lipinski definition) is 4. The Hall–Kier alpha value is -1.66. The molecule has 0 aromatic heterocycles. The molecule has 1 aromatic carbocycles. The summed E-state index contributed by atoms with van der Waals surface area (Å²) in [5.41, 5.74) is 0.842. The maximum absolute atomic E-state index is 12.1. The predicted molar refractivity (Wildman–Crippen MR) is 66.4 cm³/mol. The third kappa shape index (κ3) is 2.77. The van der Waals surface area contributed by atoms with E-state index in [-0.39, 0.29) is 11.7 Å². The van der Waals surface area contributed by atoms with Crippen LogP contribution in [-0.2, 0) is 4.79 Å². The summed E-state index contributed by atoms with van der Waals surface area (Å²) in [4.78, 5) is 24.8. The van der Waals surface area contributed by atoms with Gasteiger partial charge in [-0.05, 0) is 17.6 Å². The summed E-state index contributed by atoms with van der Waals surface area (Å²) in [5, 5.41) is 17.9. The fraction of sp³-hybridized carbons (Fsp3) is 0.333. The molecule has 0 bridgehead atoms. The van der Waals surface area contributed by atoms with Gasteiger partial charge in [0, 0.05) is 31.5 Å². The van der Waals surface area contributed by atoms with Gasteiger partial charge in [-0.3, -0.25) is 9.59 Å². The van der Waals surface area contributed by atoms with Gasteiger partial charge in [-0.15, -0.1) is 0 Å². The second-order valence-electron chi connectivity index (χ2n) is 4.33. The fourth-order valence-corrected chi connectivity index (χ4v) is 1.94. The van der Waals surface area contributed by atoms with Gasteiger partial charge in [0.15, 0.2) is 0 Å². The number of carbonyl (C=O) groups excluding carboxylic acids is 2. The molecule has 2 N–H and O–H groups in total. The van der Waals surface area contributed by atoms with Crippen LogP contribution in [0.2, 0.25) is 0 Å². The topological polar surface area (TPSA) is 77.8 Å². The third-order valence-electron chi connectivity index (χ3n) is 3.06. The smallest absolute Gasteiger partial charge is 0.423 e. The zero-order valence-corrected chi connectivity index (χ0v) is 9.87. The van der Waals surface area contributed by atoms with Gasteiger partial charge < -0.3 is 14.9 Å². The normalized spacial score (nSPS) is 15.7. The standard InChI is InChI=1S/C12H14BNO4/c15-11-5-7-14(8-6-11)12(16)9-1-3-10(4-2-9)13(17)18/h1-4,17-18H,5-8H2. The van der Waals surface area contributed by atoms with Gasteiger partial charge in [0.25, 0.3) is 5.91 Å². The minimum Gasteiger partial charge on any atom is -0.423 e. The molecule has 1 saturated heterocycles. The van der Waals surface area contributed by atoms with E-state index in [4.69, 9.17) is 10.0 Å². The van der Waals surface area contributed by atoms with Crippen LogP contribution in [0.15, 0.2) is 24.3 Å². The Kier molecular flexibility index (Phi) is 3.79. The summed E-state index contributed by atoms with van der Waals surface area (Å²) < 4.78 is 0. The molecule has 1 aliphatic heterocycles. The number of ketones is 1. The lowest BCUT2D eigenvalue weighted by Gasteiger charge is -2.26. The van der Waals surface area contributed by atoms with Crippen LogP contribution in [0.4, 0.5) is 0 Å². The molecule has 94 valence electrons. The first-order valence-electron chi connectivity index (χ1n) is 5.85. The second kappa shape index (κ2) is 5.33. The van der Waals surface area contributed by atoms with Gasteiger partial charge in [0.1, 0.15) is 5.78 Å². The summed E-state index contributed by atoms with van der Waals surface area (Å²) in [5.74, 6) is 0.0688. The number of Topliss-reactive ketones (excluding diaryl/α,β-unsaturated/α-hetero) is 1. The summed E-state index contributed by atoms with van der Waals surface area (Å²) in [6, 6.07) is 6.14. The lowest BCUT2D eigenvalue weighted by atomic mass is 9.80. The molecular weight excluding hydrogens is 233 g/mol. The molecule has 1 aromatic rings. The Labute approximate surface area is 105 Å². The van der Waals surface area contributed by atoms with Crippen molar-refractivity contribution in [2.24, 2.45) is 0 Å². The average Bonchev–Trinajstić information content (AvgIpc) is 2.39. The largest absolute Gasteiger partial charge is 0.488 e. The molecule has 1 heterocycles. The van der Waals surface area contributed by atoms with Crippen LogP contribution < -0.4 is 5.46 Å². The molecule has 0 saturated carbocycles. The SMILES string of the molecule is O=C1CCN(C(=O)c2ccc(B(O)O)cc2)CC1. The van der Waals surface area contributed by atoms with E-state index in [0.717, 1.165) is 0 Å². The average molecular weight is 247 g/mol. The number of piperidine rings is 1. The number of nitrogens with zero attached hydrogens (tertiary/aromatic N) is 1. The van der Waals surface area contributed by atoms with Crippen LogP contribution in [0, 0.1) is 0 Å². The molecule has 1 amide bonds. The highest BCUT2D eigenvalue weighted by Gasteiger charge is 2.22. The van der Waals surface area contributed by atoms with Crippen molar-refractivity contribution in [3.63, 3.8) is 0 Å². The summed E-state index contributed by atoms with van der Waals surface area (Å²) in [6.45, 7) is 0.921. The molecule has 5 nitrogen and oxygen atoms in total. The third-order valence-corrected chi connectivity index (χ3v) is 3.06. The lowest BCUT2D eigenvalue weighted by Crippen LogP contribution is -2.38. The van der Waals surface area contributed by atoms with Crippen LogP contribution in [0.5, 0.6) is 0 Å². The van der Waals surface area contributed by atoms with Crippen molar-refractivity contribution < 1.29 is 19.6 Å². The van der Waals surface area contributed by atoms with Gasteiger partial charge >= 0.3 is 7.12 Å². The second-order valence-corrected chi connectivity index (χ2v) is 4.33. The molecule has 0 atom stereocenters. The molecule has 0 spiro atoms. The highest BCUT2D eigenvalue weighted by atomic mass is 16.4.